The summed E-state index contributed by atoms with van der Waals surface area (Å²) in [6.45, 7) is 5.23. The van der Waals surface area contributed by atoms with Crippen molar-refractivity contribution in [1.29, 1.82) is 0 Å². The van der Waals surface area contributed by atoms with Gasteiger partial charge in [-0.15, -0.1) is 0 Å². The SMILES string of the molecule is COc1cccc(CN2CCC[C@@H]2c2nonc2C)c1OCCN(C)C. The van der Waals surface area contributed by atoms with Crippen LogP contribution in [0.25, 0.3) is 0 Å². The van der Waals surface area contributed by atoms with Gasteiger partial charge in [-0.05, 0) is 46.5 Å². The predicted octanol–water partition coefficient (Wildman–Crippen LogP) is 2.66. The van der Waals surface area contributed by atoms with Crippen LogP contribution in [0.4, 0.5) is 0 Å². The highest BCUT2D eigenvalue weighted by Gasteiger charge is 2.31. The zero-order valence-corrected chi connectivity index (χ0v) is 16.1. The van der Waals surface area contributed by atoms with Crippen LogP contribution in [0.2, 0.25) is 0 Å². The second-order valence-corrected chi connectivity index (χ2v) is 6.96. The minimum atomic E-state index is 0.238. The molecular weight excluding hydrogens is 332 g/mol. The number of hydrogen-bond acceptors (Lipinski definition) is 7. The number of likely N-dealkylation sites (N-methyl/N-ethyl adjacent to an activating group) is 1. The third-order valence-electron chi connectivity index (χ3n) is 4.81. The number of aromatic nitrogens is 2. The summed E-state index contributed by atoms with van der Waals surface area (Å²) >= 11 is 0. The van der Waals surface area contributed by atoms with Crippen LogP contribution in [-0.2, 0) is 6.54 Å². The lowest BCUT2D eigenvalue weighted by Gasteiger charge is -2.25. The summed E-state index contributed by atoms with van der Waals surface area (Å²) in [5.41, 5.74) is 2.94. The van der Waals surface area contributed by atoms with Crippen LogP contribution >= 0.6 is 0 Å². The standard InChI is InChI=1S/C19H28N4O3/c1-14-18(21-26-20-14)16-8-6-10-23(16)13-15-7-5-9-17(24-4)19(15)25-12-11-22(2)3/h5,7,9,16H,6,8,10-13H2,1-4H3/t16-/m1/s1. The third-order valence-corrected chi connectivity index (χ3v) is 4.81. The van der Waals surface area contributed by atoms with E-state index in [9.17, 15) is 0 Å². The Morgan fingerprint density at radius 1 is 1.31 bits per heavy atom. The molecule has 0 bridgehead atoms. The van der Waals surface area contributed by atoms with Gasteiger partial charge in [0.2, 0.25) is 0 Å². The molecule has 1 aromatic heterocycles. The molecule has 1 atom stereocenters. The fourth-order valence-corrected chi connectivity index (χ4v) is 3.42. The number of ether oxygens (including phenoxy) is 2. The molecule has 26 heavy (non-hydrogen) atoms. The lowest BCUT2D eigenvalue weighted by atomic mass is 10.1. The van der Waals surface area contributed by atoms with Gasteiger partial charge in [0.05, 0.1) is 13.2 Å². The van der Waals surface area contributed by atoms with Crippen molar-refractivity contribution in [2.45, 2.75) is 32.4 Å². The summed E-state index contributed by atoms with van der Waals surface area (Å²) in [5, 5.41) is 8.07. The number of likely N-dealkylation sites (tertiary alicyclic amines) is 1. The molecule has 1 saturated heterocycles. The van der Waals surface area contributed by atoms with Crippen molar-refractivity contribution in [2.24, 2.45) is 0 Å². The number of aryl methyl sites for hydroxylation is 1. The van der Waals surface area contributed by atoms with E-state index in [-0.39, 0.29) is 6.04 Å². The minimum absolute atomic E-state index is 0.238. The first-order valence-corrected chi connectivity index (χ1v) is 9.06. The molecular formula is C19H28N4O3. The Morgan fingerprint density at radius 2 is 2.15 bits per heavy atom. The van der Waals surface area contributed by atoms with Gasteiger partial charge >= 0.3 is 0 Å². The van der Waals surface area contributed by atoms with E-state index < -0.39 is 0 Å². The molecule has 2 aromatic rings. The van der Waals surface area contributed by atoms with Crippen molar-refractivity contribution in [3.8, 4) is 11.5 Å². The molecule has 7 heteroatoms. The lowest BCUT2D eigenvalue weighted by Crippen LogP contribution is -2.24. The van der Waals surface area contributed by atoms with Gasteiger partial charge in [0.1, 0.15) is 18.0 Å². The van der Waals surface area contributed by atoms with Gasteiger partial charge in [-0.1, -0.05) is 22.4 Å². The number of hydrogen-bond donors (Lipinski definition) is 0. The van der Waals surface area contributed by atoms with Crippen LogP contribution in [0.1, 0.15) is 35.8 Å². The first-order valence-electron chi connectivity index (χ1n) is 9.06. The number of nitrogens with zero attached hydrogens (tertiary/aromatic N) is 4. The summed E-state index contributed by atoms with van der Waals surface area (Å²) in [6, 6.07) is 6.31. The summed E-state index contributed by atoms with van der Waals surface area (Å²) in [5.74, 6) is 1.61. The Labute approximate surface area is 154 Å². The molecule has 0 N–H and O–H groups in total. The molecule has 0 radical (unpaired) electrons. The molecule has 0 aliphatic carbocycles. The lowest BCUT2D eigenvalue weighted by molar-refractivity contribution is 0.218. The molecule has 1 aromatic carbocycles. The third kappa shape index (κ3) is 4.16. The maximum atomic E-state index is 6.09. The Kier molecular flexibility index (Phi) is 6.11. The first-order chi connectivity index (χ1) is 12.6. The maximum Gasteiger partial charge on any atom is 0.165 e. The smallest absolute Gasteiger partial charge is 0.165 e. The number of benzene rings is 1. The van der Waals surface area contributed by atoms with Crippen LogP contribution in [0, 0.1) is 6.92 Å². The average Bonchev–Trinajstić information content (AvgIpc) is 3.24. The first kappa shape index (κ1) is 18.7. The van der Waals surface area contributed by atoms with Crippen molar-refractivity contribution in [2.75, 3.05) is 40.9 Å². The van der Waals surface area contributed by atoms with Crippen molar-refractivity contribution in [3.05, 3.63) is 35.2 Å². The molecule has 2 heterocycles. The Hall–Kier alpha value is -2.12. The minimum Gasteiger partial charge on any atom is -0.493 e. The fourth-order valence-electron chi connectivity index (χ4n) is 3.42. The van der Waals surface area contributed by atoms with Crippen LogP contribution in [0.5, 0.6) is 11.5 Å². The molecule has 0 saturated carbocycles. The van der Waals surface area contributed by atoms with E-state index in [2.05, 4.69) is 26.2 Å². The quantitative estimate of drug-likeness (QED) is 0.717. The van der Waals surface area contributed by atoms with E-state index in [1.807, 2.05) is 33.2 Å². The van der Waals surface area contributed by atoms with Gasteiger partial charge in [0.15, 0.2) is 11.5 Å². The second-order valence-electron chi connectivity index (χ2n) is 6.96. The number of methoxy groups -OCH3 is 1. The molecule has 0 unspecified atom stereocenters. The zero-order valence-electron chi connectivity index (χ0n) is 16.1. The van der Waals surface area contributed by atoms with Crippen molar-refractivity contribution in [1.82, 2.24) is 20.1 Å². The van der Waals surface area contributed by atoms with Crippen molar-refractivity contribution >= 4 is 0 Å². The summed E-state index contributed by atoms with van der Waals surface area (Å²) in [7, 11) is 5.76. The molecule has 142 valence electrons. The summed E-state index contributed by atoms with van der Waals surface area (Å²) < 4.78 is 16.5. The average molecular weight is 360 g/mol. The highest BCUT2D eigenvalue weighted by Crippen LogP contribution is 2.37. The van der Waals surface area contributed by atoms with E-state index in [0.29, 0.717) is 6.61 Å². The van der Waals surface area contributed by atoms with Gasteiger partial charge < -0.3 is 14.4 Å². The molecule has 7 nitrogen and oxygen atoms in total. The Bertz CT molecular complexity index is 717. The van der Waals surface area contributed by atoms with Gasteiger partial charge in [-0.25, -0.2) is 4.63 Å². The maximum absolute atomic E-state index is 6.09. The van der Waals surface area contributed by atoms with Gasteiger partial charge in [-0.3, -0.25) is 4.90 Å². The fraction of sp³-hybridized carbons (Fsp3) is 0.579. The van der Waals surface area contributed by atoms with E-state index >= 15 is 0 Å². The van der Waals surface area contributed by atoms with Gasteiger partial charge in [0.25, 0.3) is 0 Å². The zero-order chi connectivity index (χ0) is 18.5. The summed E-state index contributed by atoms with van der Waals surface area (Å²) in [6.07, 6.45) is 2.20. The monoisotopic (exact) mass is 360 g/mol. The molecule has 1 aliphatic heterocycles. The Balaban J connectivity index is 1.79. The predicted molar refractivity (Wildman–Crippen MR) is 98.5 cm³/mol. The van der Waals surface area contributed by atoms with Gasteiger partial charge in [0, 0.05) is 18.7 Å². The molecule has 1 aliphatic rings. The van der Waals surface area contributed by atoms with Crippen LogP contribution in [0.15, 0.2) is 22.8 Å². The molecule has 1 fully saturated rings. The normalized spacial score (nSPS) is 17.8. The topological polar surface area (TPSA) is 63.9 Å². The van der Waals surface area contributed by atoms with E-state index in [1.54, 1.807) is 7.11 Å². The summed E-state index contributed by atoms with van der Waals surface area (Å²) in [4.78, 5) is 4.52. The van der Waals surface area contributed by atoms with Crippen LogP contribution in [-0.4, -0.2) is 61.0 Å². The highest BCUT2D eigenvalue weighted by atomic mass is 16.6. The second kappa shape index (κ2) is 8.51. The molecule has 0 amide bonds. The highest BCUT2D eigenvalue weighted by molar-refractivity contribution is 5.46. The number of para-hydroxylation sites is 1. The van der Waals surface area contributed by atoms with Gasteiger partial charge in [-0.2, -0.15) is 0 Å². The molecule has 3 rings (SSSR count). The van der Waals surface area contributed by atoms with E-state index in [0.717, 1.165) is 60.9 Å². The van der Waals surface area contributed by atoms with Crippen molar-refractivity contribution < 1.29 is 14.1 Å². The Morgan fingerprint density at radius 3 is 2.85 bits per heavy atom. The largest absolute Gasteiger partial charge is 0.493 e. The van der Waals surface area contributed by atoms with E-state index in [4.69, 9.17) is 14.1 Å². The van der Waals surface area contributed by atoms with E-state index in [1.165, 1.54) is 0 Å². The number of rotatable bonds is 8. The molecule has 0 spiro atoms. The van der Waals surface area contributed by atoms with Crippen molar-refractivity contribution in [3.63, 3.8) is 0 Å². The van der Waals surface area contributed by atoms with Crippen LogP contribution in [0.3, 0.4) is 0 Å². The van der Waals surface area contributed by atoms with Crippen LogP contribution < -0.4 is 9.47 Å².